The number of furan rings is 1. The summed E-state index contributed by atoms with van der Waals surface area (Å²) < 4.78 is 19.7. The van der Waals surface area contributed by atoms with E-state index in [4.69, 9.17) is 4.42 Å². The SMILES string of the molecule is CC(C)NCc1cc(-c2cc3ccccc3o2)ccc1F. The second-order valence-electron chi connectivity index (χ2n) is 5.49. The summed E-state index contributed by atoms with van der Waals surface area (Å²) >= 11 is 0. The maximum absolute atomic E-state index is 13.9. The zero-order valence-corrected chi connectivity index (χ0v) is 12.2. The number of hydrogen-bond donors (Lipinski definition) is 1. The maximum atomic E-state index is 13.9. The summed E-state index contributed by atoms with van der Waals surface area (Å²) in [6.45, 7) is 4.60. The van der Waals surface area contributed by atoms with Crippen LogP contribution >= 0.6 is 0 Å². The Balaban J connectivity index is 1.96. The van der Waals surface area contributed by atoms with Gasteiger partial charge in [0.1, 0.15) is 17.2 Å². The van der Waals surface area contributed by atoms with E-state index < -0.39 is 0 Å². The quantitative estimate of drug-likeness (QED) is 0.748. The molecule has 1 heterocycles. The standard InChI is InChI=1S/C18H18FNO/c1-12(2)20-11-15-9-14(7-8-16(15)19)18-10-13-5-3-4-6-17(13)21-18/h3-10,12,20H,11H2,1-2H3. The van der Waals surface area contributed by atoms with E-state index >= 15 is 0 Å². The van der Waals surface area contributed by atoms with Gasteiger partial charge in [0.15, 0.2) is 0 Å². The summed E-state index contributed by atoms with van der Waals surface area (Å²) in [5.41, 5.74) is 2.40. The van der Waals surface area contributed by atoms with E-state index in [2.05, 4.69) is 5.32 Å². The predicted octanol–water partition coefficient (Wildman–Crippen LogP) is 4.74. The summed E-state index contributed by atoms with van der Waals surface area (Å²) in [4.78, 5) is 0. The summed E-state index contributed by atoms with van der Waals surface area (Å²) in [6.07, 6.45) is 0. The fourth-order valence-corrected chi connectivity index (χ4v) is 2.30. The van der Waals surface area contributed by atoms with E-state index in [1.165, 1.54) is 6.07 Å². The molecule has 0 aliphatic heterocycles. The first-order valence-electron chi connectivity index (χ1n) is 7.14. The van der Waals surface area contributed by atoms with E-state index in [1.807, 2.05) is 50.2 Å². The van der Waals surface area contributed by atoms with E-state index in [0.717, 1.165) is 22.3 Å². The Morgan fingerprint density at radius 2 is 1.90 bits per heavy atom. The summed E-state index contributed by atoms with van der Waals surface area (Å²) in [5.74, 6) is 0.574. The molecule has 0 saturated carbocycles. The average molecular weight is 283 g/mol. The Bertz CT molecular complexity index is 728. The minimum atomic E-state index is -0.192. The Morgan fingerprint density at radius 3 is 2.67 bits per heavy atom. The van der Waals surface area contributed by atoms with Crippen LogP contribution in [0, 0.1) is 5.82 Å². The zero-order chi connectivity index (χ0) is 14.8. The number of fused-ring (bicyclic) bond motifs is 1. The summed E-state index contributed by atoms with van der Waals surface area (Å²) in [6, 6.07) is 15.3. The van der Waals surface area contributed by atoms with Crippen molar-refractivity contribution in [2.75, 3.05) is 0 Å². The number of halogens is 1. The molecule has 0 unspecified atom stereocenters. The van der Waals surface area contributed by atoms with Gasteiger partial charge in [-0.1, -0.05) is 32.0 Å². The lowest BCUT2D eigenvalue weighted by Crippen LogP contribution is -2.22. The molecule has 1 N–H and O–H groups in total. The molecule has 0 fully saturated rings. The van der Waals surface area contributed by atoms with Crippen LogP contribution in [-0.2, 0) is 6.54 Å². The highest BCUT2D eigenvalue weighted by Crippen LogP contribution is 2.28. The van der Waals surface area contributed by atoms with Gasteiger partial charge in [-0.05, 0) is 30.3 Å². The lowest BCUT2D eigenvalue weighted by atomic mass is 10.1. The molecule has 0 bridgehead atoms. The van der Waals surface area contributed by atoms with Crippen molar-refractivity contribution in [1.82, 2.24) is 5.32 Å². The lowest BCUT2D eigenvalue weighted by Gasteiger charge is -2.09. The third-order valence-electron chi connectivity index (χ3n) is 3.46. The van der Waals surface area contributed by atoms with Crippen molar-refractivity contribution >= 4 is 11.0 Å². The zero-order valence-electron chi connectivity index (χ0n) is 12.2. The van der Waals surface area contributed by atoms with Crippen molar-refractivity contribution in [2.45, 2.75) is 26.4 Å². The van der Waals surface area contributed by atoms with Gasteiger partial charge >= 0.3 is 0 Å². The van der Waals surface area contributed by atoms with Gasteiger partial charge in [0.25, 0.3) is 0 Å². The molecule has 21 heavy (non-hydrogen) atoms. The molecule has 1 aromatic heterocycles. The van der Waals surface area contributed by atoms with Gasteiger partial charge in [0.2, 0.25) is 0 Å². The van der Waals surface area contributed by atoms with Crippen LogP contribution in [0.25, 0.3) is 22.3 Å². The highest BCUT2D eigenvalue weighted by molar-refractivity contribution is 5.82. The smallest absolute Gasteiger partial charge is 0.135 e. The second kappa shape index (κ2) is 5.70. The molecule has 0 radical (unpaired) electrons. The average Bonchev–Trinajstić information content (AvgIpc) is 2.90. The number of nitrogens with one attached hydrogen (secondary N) is 1. The molecule has 0 amide bonds. The van der Waals surface area contributed by atoms with Crippen LogP contribution in [0.4, 0.5) is 4.39 Å². The van der Waals surface area contributed by atoms with E-state index in [9.17, 15) is 4.39 Å². The second-order valence-corrected chi connectivity index (χ2v) is 5.49. The Labute approximate surface area is 123 Å². The molecule has 0 aliphatic rings. The largest absolute Gasteiger partial charge is 0.456 e. The number of benzene rings is 2. The van der Waals surface area contributed by atoms with Crippen molar-refractivity contribution < 1.29 is 8.81 Å². The maximum Gasteiger partial charge on any atom is 0.135 e. The Hall–Kier alpha value is -2.13. The molecule has 0 saturated heterocycles. The number of hydrogen-bond acceptors (Lipinski definition) is 2. The molecule has 0 atom stereocenters. The van der Waals surface area contributed by atoms with Crippen molar-refractivity contribution in [3.63, 3.8) is 0 Å². The van der Waals surface area contributed by atoms with E-state index in [-0.39, 0.29) is 5.82 Å². The van der Waals surface area contributed by atoms with Crippen molar-refractivity contribution in [2.24, 2.45) is 0 Å². The minimum Gasteiger partial charge on any atom is -0.456 e. The molecule has 108 valence electrons. The van der Waals surface area contributed by atoms with Gasteiger partial charge in [-0.2, -0.15) is 0 Å². The highest BCUT2D eigenvalue weighted by atomic mass is 19.1. The first kappa shape index (κ1) is 13.8. The molecule has 2 aromatic carbocycles. The van der Waals surface area contributed by atoms with Crippen LogP contribution < -0.4 is 5.32 Å². The van der Waals surface area contributed by atoms with Crippen molar-refractivity contribution in [3.8, 4) is 11.3 Å². The van der Waals surface area contributed by atoms with Crippen LogP contribution in [0.1, 0.15) is 19.4 Å². The van der Waals surface area contributed by atoms with Crippen LogP contribution in [0.2, 0.25) is 0 Å². The number of para-hydroxylation sites is 1. The topological polar surface area (TPSA) is 25.2 Å². The Kier molecular flexibility index (Phi) is 3.76. The fourth-order valence-electron chi connectivity index (χ4n) is 2.30. The molecular formula is C18H18FNO. The molecule has 0 aliphatic carbocycles. The molecular weight excluding hydrogens is 265 g/mol. The molecule has 3 aromatic rings. The first-order chi connectivity index (χ1) is 10.1. The van der Waals surface area contributed by atoms with Gasteiger partial charge < -0.3 is 9.73 Å². The van der Waals surface area contributed by atoms with Gasteiger partial charge in [-0.15, -0.1) is 0 Å². The van der Waals surface area contributed by atoms with Gasteiger partial charge in [-0.3, -0.25) is 0 Å². The predicted molar refractivity (Wildman–Crippen MR) is 83.6 cm³/mol. The summed E-state index contributed by atoms with van der Waals surface area (Å²) in [5, 5.41) is 4.29. The molecule has 3 heteroatoms. The van der Waals surface area contributed by atoms with Crippen molar-refractivity contribution in [1.29, 1.82) is 0 Å². The van der Waals surface area contributed by atoms with Crippen LogP contribution in [0.15, 0.2) is 52.9 Å². The van der Waals surface area contributed by atoms with Crippen LogP contribution in [0.3, 0.4) is 0 Å². The molecule has 0 spiro atoms. The lowest BCUT2D eigenvalue weighted by molar-refractivity contribution is 0.553. The van der Waals surface area contributed by atoms with E-state index in [0.29, 0.717) is 18.2 Å². The van der Waals surface area contributed by atoms with Crippen LogP contribution in [-0.4, -0.2) is 6.04 Å². The minimum absolute atomic E-state index is 0.192. The fraction of sp³-hybridized carbons (Fsp3) is 0.222. The molecule has 2 nitrogen and oxygen atoms in total. The highest BCUT2D eigenvalue weighted by Gasteiger charge is 2.09. The third kappa shape index (κ3) is 2.98. The van der Waals surface area contributed by atoms with E-state index in [1.54, 1.807) is 6.07 Å². The number of rotatable bonds is 4. The Morgan fingerprint density at radius 1 is 1.10 bits per heavy atom. The van der Waals surface area contributed by atoms with Crippen molar-refractivity contribution in [3.05, 3.63) is 59.9 Å². The van der Waals surface area contributed by atoms with Gasteiger partial charge in [-0.25, -0.2) is 4.39 Å². The normalized spacial score (nSPS) is 11.4. The summed E-state index contributed by atoms with van der Waals surface area (Å²) in [7, 11) is 0. The molecule has 3 rings (SSSR count). The monoisotopic (exact) mass is 283 g/mol. The van der Waals surface area contributed by atoms with Crippen LogP contribution in [0.5, 0.6) is 0 Å². The van der Waals surface area contributed by atoms with Gasteiger partial charge in [0.05, 0.1) is 0 Å². The third-order valence-corrected chi connectivity index (χ3v) is 3.46. The van der Waals surface area contributed by atoms with Gasteiger partial charge in [0, 0.05) is 29.1 Å². The first-order valence-corrected chi connectivity index (χ1v) is 7.14.